The summed E-state index contributed by atoms with van der Waals surface area (Å²) in [5.74, 6) is 0.510. The Bertz CT molecular complexity index is 552. The van der Waals surface area contributed by atoms with E-state index in [-0.39, 0.29) is 17.2 Å². The highest BCUT2D eigenvalue weighted by Crippen LogP contribution is 2.46. The normalized spacial score (nSPS) is 25.0. The van der Waals surface area contributed by atoms with Crippen LogP contribution in [0.25, 0.3) is 0 Å². The van der Waals surface area contributed by atoms with E-state index in [1.165, 1.54) is 44.9 Å². The van der Waals surface area contributed by atoms with Crippen LogP contribution in [-0.2, 0) is 11.3 Å². The maximum absolute atomic E-state index is 12.6. The maximum atomic E-state index is 12.6. The molecule has 3 aliphatic rings. The number of nitrogens with one attached hydrogen (secondary N) is 1. The second-order valence-corrected chi connectivity index (χ2v) is 8.52. The van der Waals surface area contributed by atoms with Gasteiger partial charge in [0.05, 0.1) is 0 Å². The lowest BCUT2D eigenvalue weighted by atomic mass is 9.89. The van der Waals surface area contributed by atoms with Crippen molar-refractivity contribution in [2.24, 2.45) is 11.3 Å². The van der Waals surface area contributed by atoms with Gasteiger partial charge in [-0.25, -0.2) is 0 Å². The van der Waals surface area contributed by atoms with Gasteiger partial charge in [0, 0.05) is 42.9 Å². The van der Waals surface area contributed by atoms with E-state index in [0.29, 0.717) is 0 Å². The van der Waals surface area contributed by atoms with Crippen LogP contribution in [-0.4, -0.2) is 46.3 Å². The molecule has 5 nitrogen and oxygen atoms in total. The molecule has 25 heavy (non-hydrogen) atoms. The molecule has 1 N–H and O–H groups in total. The number of nitrogens with zero attached hydrogens (tertiary/aromatic N) is 3. The summed E-state index contributed by atoms with van der Waals surface area (Å²) in [5, 5.41) is 7.57. The quantitative estimate of drug-likeness (QED) is 0.863. The van der Waals surface area contributed by atoms with Crippen molar-refractivity contribution in [1.29, 1.82) is 0 Å². The monoisotopic (exact) mass is 344 g/mol. The van der Waals surface area contributed by atoms with Crippen molar-refractivity contribution in [2.75, 3.05) is 19.6 Å². The number of carbonyl (C=O) groups excluding carboxylic acids is 1. The largest absolute Gasteiger partial charge is 0.355 e. The summed E-state index contributed by atoms with van der Waals surface area (Å²) in [7, 11) is 0. The summed E-state index contributed by atoms with van der Waals surface area (Å²) in [6, 6.07) is 2.76. The Kier molecular flexibility index (Phi) is 5.11. The molecule has 1 saturated heterocycles. The van der Waals surface area contributed by atoms with E-state index in [0.717, 1.165) is 45.1 Å². The molecule has 1 amide bonds. The number of likely N-dealkylation sites (tertiary alicyclic amines) is 1. The highest BCUT2D eigenvalue weighted by Gasteiger charge is 2.43. The Morgan fingerprint density at radius 3 is 2.52 bits per heavy atom. The average molecular weight is 345 g/mol. The molecule has 0 bridgehead atoms. The van der Waals surface area contributed by atoms with Crippen LogP contribution >= 0.6 is 0 Å². The van der Waals surface area contributed by atoms with E-state index in [1.54, 1.807) is 0 Å². The van der Waals surface area contributed by atoms with Gasteiger partial charge in [0.2, 0.25) is 5.91 Å². The third-order valence-electron chi connectivity index (χ3n) is 6.64. The van der Waals surface area contributed by atoms with Crippen molar-refractivity contribution in [3.8, 4) is 0 Å². The first kappa shape index (κ1) is 17.1. The molecule has 138 valence electrons. The predicted molar refractivity (Wildman–Crippen MR) is 98.1 cm³/mol. The Morgan fingerprint density at radius 2 is 1.88 bits per heavy atom. The van der Waals surface area contributed by atoms with Crippen LogP contribution in [0.2, 0.25) is 0 Å². The van der Waals surface area contributed by atoms with Crippen LogP contribution in [0.1, 0.15) is 57.8 Å². The molecular weight excluding hydrogens is 312 g/mol. The molecule has 3 fully saturated rings. The van der Waals surface area contributed by atoms with E-state index < -0.39 is 0 Å². The minimum absolute atomic E-state index is 0.223. The Hall–Kier alpha value is -1.36. The molecule has 2 heterocycles. The summed E-state index contributed by atoms with van der Waals surface area (Å²) in [5.41, 5.74) is 0.254. The number of amides is 1. The molecule has 1 aromatic heterocycles. The van der Waals surface area contributed by atoms with Crippen LogP contribution in [0.4, 0.5) is 0 Å². The number of aromatic nitrogens is 2. The molecule has 0 aromatic carbocycles. The number of rotatable bonds is 6. The van der Waals surface area contributed by atoms with E-state index in [1.807, 2.05) is 23.1 Å². The van der Waals surface area contributed by atoms with Gasteiger partial charge < -0.3 is 10.2 Å². The Labute approximate surface area is 151 Å². The van der Waals surface area contributed by atoms with Crippen molar-refractivity contribution < 1.29 is 4.79 Å². The summed E-state index contributed by atoms with van der Waals surface area (Å²) < 4.78 is 2.00. The van der Waals surface area contributed by atoms with Crippen LogP contribution in [0.15, 0.2) is 18.5 Å². The molecule has 0 radical (unpaired) electrons. The van der Waals surface area contributed by atoms with Crippen molar-refractivity contribution in [3.63, 3.8) is 0 Å². The lowest BCUT2D eigenvalue weighted by Crippen LogP contribution is -2.46. The smallest absolute Gasteiger partial charge is 0.223 e. The van der Waals surface area contributed by atoms with Crippen LogP contribution < -0.4 is 5.32 Å². The van der Waals surface area contributed by atoms with Gasteiger partial charge >= 0.3 is 0 Å². The minimum Gasteiger partial charge on any atom is -0.355 e. The topological polar surface area (TPSA) is 50.2 Å². The van der Waals surface area contributed by atoms with Crippen molar-refractivity contribution in [2.45, 2.75) is 70.4 Å². The zero-order chi connectivity index (χ0) is 17.1. The second kappa shape index (κ2) is 7.48. The fourth-order valence-electron chi connectivity index (χ4n) is 4.70. The van der Waals surface area contributed by atoms with Gasteiger partial charge in [-0.3, -0.25) is 9.48 Å². The highest BCUT2D eigenvalue weighted by atomic mass is 16.1. The first-order chi connectivity index (χ1) is 12.2. The highest BCUT2D eigenvalue weighted by molar-refractivity contribution is 5.78. The molecule has 5 heteroatoms. The third kappa shape index (κ3) is 4.25. The van der Waals surface area contributed by atoms with Crippen LogP contribution in [0, 0.1) is 11.3 Å². The van der Waals surface area contributed by atoms with E-state index in [2.05, 4.69) is 15.3 Å². The molecule has 0 spiro atoms. The number of hydrogen-bond acceptors (Lipinski definition) is 3. The number of carbonyl (C=O) groups is 1. The first-order valence-electron chi connectivity index (χ1n) is 10.2. The SMILES string of the molecule is O=C(NCC1(Cn2cccn2)CC1)C1CCN(C2CCCCC2)CC1. The summed E-state index contributed by atoms with van der Waals surface area (Å²) >= 11 is 0. The summed E-state index contributed by atoms with van der Waals surface area (Å²) in [4.78, 5) is 15.3. The fourth-order valence-corrected chi connectivity index (χ4v) is 4.70. The van der Waals surface area contributed by atoms with Gasteiger partial charge in [0.25, 0.3) is 0 Å². The van der Waals surface area contributed by atoms with Crippen molar-refractivity contribution in [1.82, 2.24) is 20.0 Å². The molecule has 2 aliphatic carbocycles. The van der Waals surface area contributed by atoms with Gasteiger partial charge in [-0.1, -0.05) is 19.3 Å². The van der Waals surface area contributed by atoms with Crippen molar-refractivity contribution in [3.05, 3.63) is 18.5 Å². The molecule has 0 unspecified atom stereocenters. The minimum atomic E-state index is 0.223. The number of piperidine rings is 1. The maximum Gasteiger partial charge on any atom is 0.223 e. The van der Waals surface area contributed by atoms with E-state index >= 15 is 0 Å². The summed E-state index contributed by atoms with van der Waals surface area (Å²) in [6.07, 6.45) is 15.3. The van der Waals surface area contributed by atoms with Gasteiger partial charge in [0.1, 0.15) is 0 Å². The first-order valence-corrected chi connectivity index (χ1v) is 10.2. The molecule has 1 aromatic rings. The zero-order valence-electron chi connectivity index (χ0n) is 15.3. The standard InChI is InChI=1S/C20H32N4O/c25-19(21-15-20(9-10-20)16-24-12-4-11-22-24)17-7-13-23(14-8-17)18-5-2-1-3-6-18/h4,11-12,17-18H,1-3,5-10,13-16H2,(H,21,25). The number of hydrogen-bond donors (Lipinski definition) is 1. The van der Waals surface area contributed by atoms with Gasteiger partial charge in [0.15, 0.2) is 0 Å². The van der Waals surface area contributed by atoms with E-state index in [4.69, 9.17) is 0 Å². The van der Waals surface area contributed by atoms with Crippen molar-refractivity contribution >= 4 is 5.91 Å². The Morgan fingerprint density at radius 1 is 1.12 bits per heavy atom. The van der Waals surface area contributed by atoms with E-state index in [9.17, 15) is 4.79 Å². The molecule has 4 rings (SSSR count). The fraction of sp³-hybridized carbons (Fsp3) is 0.800. The lowest BCUT2D eigenvalue weighted by molar-refractivity contribution is -0.127. The lowest BCUT2D eigenvalue weighted by Gasteiger charge is -2.39. The molecule has 0 atom stereocenters. The second-order valence-electron chi connectivity index (χ2n) is 8.52. The van der Waals surface area contributed by atoms with Gasteiger partial charge in [-0.05, 0) is 57.7 Å². The zero-order valence-corrected chi connectivity index (χ0v) is 15.3. The van der Waals surface area contributed by atoms with Crippen LogP contribution in [0.5, 0.6) is 0 Å². The van der Waals surface area contributed by atoms with Crippen LogP contribution in [0.3, 0.4) is 0 Å². The third-order valence-corrected chi connectivity index (χ3v) is 6.64. The summed E-state index contributed by atoms with van der Waals surface area (Å²) in [6.45, 7) is 3.97. The van der Waals surface area contributed by atoms with Gasteiger partial charge in [-0.2, -0.15) is 5.10 Å². The predicted octanol–water partition coefficient (Wildman–Crippen LogP) is 2.82. The average Bonchev–Trinajstić information content (AvgIpc) is 3.24. The molecular formula is C20H32N4O. The molecule has 2 saturated carbocycles. The molecule has 1 aliphatic heterocycles. The Balaban J connectivity index is 1.20. The van der Waals surface area contributed by atoms with Gasteiger partial charge in [-0.15, -0.1) is 0 Å².